The Morgan fingerprint density at radius 3 is 2.17 bits per heavy atom. The molecule has 40 heavy (non-hydrogen) atoms. The molecule has 1 N–H and O–H groups in total. The monoisotopic (exact) mass is 544 g/mol. The number of carbonyl (C=O) groups is 2. The van der Waals surface area contributed by atoms with E-state index in [1.165, 1.54) is 0 Å². The molecular weight excluding hydrogens is 500 g/mol. The molecule has 0 aliphatic rings. The molecule has 214 valence electrons. The lowest BCUT2D eigenvalue weighted by Crippen LogP contribution is -2.50. The summed E-state index contributed by atoms with van der Waals surface area (Å²) in [5.41, 5.74) is 4.16. The van der Waals surface area contributed by atoms with E-state index in [0.29, 0.717) is 50.6 Å². The van der Waals surface area contributed by atoms with Crippen LogP contribution < -0.4 is 14.8 Å². The van der Waals surface area contributed by atoms with Crippen LogP contribution in [0.3, 0.4) is 0 Å². The molecule has 0 spiro atoms. The number of amides is 2. The molecule has 0 aromatic heterocycles. The van der Waals surface area contributed by atoms with Crippen molar-refractivity contribution in [3.05, 3.63) is 95.1 Å². The molecule has 6 heteroatoms. The molecule has 0 aliphatic heterocycles. The molecule has 0 saturated carbocycles. The van der Waals surface area contributed by atoms with Crippen molar-refractivity contribution in [2.45, 2.75) is 72.4 Å². The van der Waals surface area contributed by atoms with Gasteiger partial charge in [-0.3, -0.25) is 9.59 Å². The summed E-state index contributed by atoms with van der Waals surface area (Å²) < 4.78 is 11.5. The third kappa shape index (κ3) is 9.44. The summed E-state index contributed by atoms with van der Waals surface area (Å²) in [6.07, 6.45) is 3.15. The highest BCUT2D eigenvalue weighted by atomic mass is 16.5. The molecule has 0 heterocycles. The van der Waals surface area contributed by atoms with Crippen LogP contribution in [-0.2, 0) is 29.0 Å². The summed E-state index contributed by atoms with van der Waals surface area (Å²) in [7, 11) is 0. The molecule has 3 rings (SSSR count). The summed E-state index contributed by atoms with van der Waals surface area (Å²) in [6, 6.07) is 23.3. The Bertz CT molecular complexity index is 1190. The maximum absolute atomic E-state index is 13.9. The largest absolute Gasteiger partial charge is 0.490 e. The number of nitrogens with zero attached hydrogens (tertiary/aromatic N) is 1. The first-order valence-corrected chi connectivity index (χ1v) is 14.5. The van der Waals surface area contributed by atoms with Crippen molar-refractivity contribution < 1.29 is 19.1 Å². The standard InChI is InChI=1S/C34H44N2O4/c1-5-8-22-35-34(38)30(23-27-12-10-9-11-13-27)36(25-29-16-14-26(4)15-17-29)33(37)21-19-28-18-20-31(39-6-2)32(24-28)40-7-3/h9-18,20,24,30H,5-8,19,21-23,25H2,1-4H3,(H,35,38)/t30-/m0/s1. The van der Waals surface area contributed by atoms with Crippen molar-refractivity contribution in [3.63, 3.8) is 0 Å². The molecule has 0 aliphatic carbocycles. The quantitative estimate of drug-likeness (QED) is 0.216. The zero-order chi connectivity index (χ0) is 28.7. The lowest BCUT2D eigenvalue weighted by atomic mass is 10.0. The fourth-order valence-electron chi connectivity index (χ4n) is 4.60. The number of carbonyl (C=O) groups excluding carboxylic acids is 2. The minimum Gasteiger partial charge on any atom is -0.490 e. The first kappa shape index (κ1) is 30.7. The Morgan fingerprint density at radius 1 is 0.825 bits per heavy atom. The van der Waals surface area contributed by atoms with Crippen LogP contribution in [0, 0.1) is 6.92 Å². The zero-order valence-corrected chi connectivity index (χ0v) is 24.4. The van der Waals surface area contributed by atoms with E-state index < -0.39 is 6.04 Å². The zero-order valence-electron chi connectivity index (χ0n) is 24.4. The Kier molecular flexibility index (Phi) is 12.6. The maximum Gasteiger partial charge on any atom is 0.243 e. The Morgan fingerprint density at radius 2 is 1.50 bits per heavy atom. The van der Waals surface area contributed by atoms with Crippen LogP contribution in [0.15, 0.2) is 72.8 Å². The van der Waals surface area contributed by atoms with E-state index >= 15 is 0 Å². The summed E-state index contributed by atoms with van der Waals surface area (Å²) in [5.74, 6) is 1.21. The number of ether oxygens (including phenoxy) is 2. The molecule has 6 nitrogen and oxygen atoms in total. The molecule has 0 saturated heterocycles. The van der Waals surface area contributed by atoms with Gasteiger partial charge in [0.25, 0.3) is 0 Å². The van der Waals surface area contributed by atoms with E-state index in [1.54, 1.807) is 4.90 Å². The molecule has 1 atom stereocenters. The van der Waals surface area contributed by atoms with E-state index in [4.69, 9.17) is 9.47 Å². The number of aryl methyl sites for hydroxylation is 2. The maximum atomic E-state index is 13.9. The molecule has 3 aromatic rings. The van der Waals surface area contributed by atoms with Crippen LogP contribution in [0.1, 0.15) is 62.3 Å². The second kappa shape index (κ2) is 16.3. The summed E-state index contributed by atoms with van der Waals surface area (Å²) in [5, 5.41) is 3.08. The topological polar surface area (TPSA) is 67.9 Å². The van der Waals surface area contributed by atoms with E-state index in [1.807, 2.05) is 93.6 Å². The fraction of sp³-hybridized carbons (Fsp3) is 0.412. The number of benzene rings is 3. The van der Waals surface area contributed by atoms with Gasteiger partial charge >= 0.3 is 0 Å². The van der Waals surface area contributed by atoms with Gasteiger partial charge in [0.05, 0.1) is 13.2 Å². The molecule has 2 amide bonds. The van der Waals surface area contributed by atoms with Crippen molar-refractivity contribution >= 4 is 11.8 Å². The van der Waals surface area contributed by atoms with Gasteiger partial charge in [-0.15, -0.1) is 0 Å². The SMILES string of the molecule is CCCCNC(=O)[C@H](Cc1ccccc1)N(Cc1ccc(C)cc1)C(=O)CCc1ccc(OCC)c(OCC)c1. The van der Waals surface area contributed by atoms with Crippen LogP contribution in [0.5, 0.6) is 11.5 Å². The van der Waals surface area contributed by atoms with E-state index in [-0.39, 0.29) is 18.2 Å². The number of unbranched alkanes of at least 4 members (excludes halogenated alkanes) is 1. The average Bonchev–Trinajstić information content (AvgIpc) is 2.96. The Labute approximate surface area is 239 Å². The highest BCUT2D eigenvalue weighted by Crippen LogP contribution is 2.29. The van der Waals surface area contributed by atoms with Crippen LogP contribution in [-0.4, -0.2) is 42.5 Å². The van der Waals surface area contributed by atoms with Gasteiger partial charge in [0.15, 0.2) is 11.5 Å². The van der Waals surface area contributed by atoms with Gasteiger partial charge in [-0.2, -0.15) is 0 Å². The molecular formula is C34H44N2O4. The predicted octanol–water partition coefficient (Wildman–Crippen LogP) is 6.28. The highest BCUT2D eigenvalue weighted by molar-refractivity contribution is 5.88. The molecule has 3 aromatic carbocycles. The van der Waals surface area contributed by atoms with Crippen LogP contribution >= 0.6 is 0 Å². The van der Waals surface area contributed by atoms with E-state index in [9.17, 15) is 9.59 Å². The first-order chi connectivity index (χ1) is 19.4. The van der Waals surface area contributed by atoms with Gasteiger partial charge in [0, 0.05) is 25.9 Å². The van der Waals surface area contributed by atoms with Crippen molar-refractivity contribution in [2.75, 3.05) is 19.8 Å². The second-order valence-electron chi connectivity index (χ2n) is 10.0. The van der Waals surface area contributed by atoms with Gasteiger partial charge in [0.2, 0.25) is 11.8 Å². The van der Waals surface area contributed by atoms with Crippen molar-refractivity contribution in [2.24, 2.45) is 0 Å². The van der Waals surface area contributed by atoms with Gasteiger partial charge in [-0.25, -0.2) is 0 Å². The molecule has 0 radical (unpaired) electrons. The Hall–Kier alpha value is -3.80. The van der Waals surface area contributed by atoms with E-state index in [0.717, 1.165) is 35.1 Å². The van der Waals surface area contributed by atoms with E-state index in [2.05, 4.69) is 12.2 Å². The molecule has 0 fully saturated rings. The lowest BCUT2D eigenvalue weighted by molar-refractivity contribution is -0.141. The minimum absolute atomic E-state index is 0.0565. The van der Waals surface area contributed by atoms with Gasteiger partial charge in [-0.05, 0) is 62.4 Å². The number of rotatable bonds is 16. The predicted molar refractivity (Wildman–Crippen MR) is 161 cm³/mol. The van der Waals surface area contributed by atoms with Crippen LogP contribution in [0.4, 0.5) is 0 Å². The number of nitrogens with one attached hydrogen (secondary N) is 1. The lowest BCUT2D eigenvalue weighted by Gasteiger charge is -2.32. The van der Waals surface area contributed by atoms with Crippen molar-refractivity contribution in [1.29, 1.82) is 0 Å². The Balaban J connectivity index is 1.87. The van der Waals surface area contributed by atoms with Gasteiger partial charge in [-0.1, -0.05) is 79.6 Å². The minimum atomic E-state index is -0.618. The first-order valence-electron chi connectivity index (χ1n) is 14.5. The van der Waals surface area contributed by atoms with Crippen molar-refractivity contribution in [3.8, 4) is 11.5 Å². The average molecular weight is 545 g/mol. The number of hydrogen-bond donors (Lipinski definition) is 1. The third-order valence-electron chi connectivity index (χ3n) is 6.81. The van der Waals surface area contributed by atoms with Crippen LogP contribution in [0.25, 0.3) is 0 Å². The smallest absolute Gasteiger partial charge is 0.243 e. The van der Waals surface area contributed by atoms with Gasteiger partial charge < -0.3 is 19.7 Å². The second-order valence-corrected chi connectivity index (χ2v) is 10.0. The fourth-order valence-corrected chi connectivity index (χ4v) is 4.60. The normalized spacial score (nSPS) is 11.5. The molecule has 0 unspecified atom stereocenters. The third-order valence-corrected chi connectivity index (χ3v) is 6.81. The van der Waals surface area contributed by atoms with Crippen LogP contribution in [0.2, 0.25) is 0 Å². The number of hydrogen-bond acceptors (Lipinski definition) is 4. The highest BCUT2D eigenvalue weighted by Gasteiger charge is 2.30. The summed E-state index contributed by atoms with van der Waals surface area (Å²) >= 11 is 0. The van der Waals surface area contributed by atoms with Crippen molar-refractivity contribution in [1.82, 2.24) is 10.2 Å². The van der Waals surface area contributed by atoms with Gasteiger partial charge in [0.1, 0.15) is 6.04 Å². The molecule has 0 bridgehead atoms. The summed E-state index contributed by atoms with van der Waals surface area (Å²) in [4.78, 5) is 29.3. The summed E-state index contributed by atoms with van der Waals surface area (Å²) in [6.45, 7) is 10.1.